The van der Waals surface area contributed by atoms with E-state index in [9.17, 15) is 22.8 Å². The Kier molecular flexibility index (Phi) is 5.84. The van der Waals surface area contributed by atoms with Crippen molar-refractivity contribution in [2.45, 2.75) is 30.7 Å². The van der Waals surface area contributed by atoms with Crippen molar-refractivity contribution < 1.29 is 18.0 Å². The van der Waals surface area contributed by atoms with E-state index in [1.54, 1.807) is 4.68 Å². The van der Waals surface area contributed by atoms with E-state index in [4.69, 9.17) is 11.6 Å². The van der Waals surface area contributed by atoms with E-state index < -0.39 is 23.7 Å². The third-order valence-electron chi connectivity index (χ3n) is 5.64. The normalized spacial score (nSPS) is 15.4. The number of carbonyl (C=O) groups is 1. The number of halogens is 4. The molecule has 1 N–H and O–H groups in total. The first-order valence-electron chi connectivity index (χ1n) is 10.5. The maximum atomic E-state index is 13.3. The number of nitrogens with zero attached hydrogens (tertiary/aromatic N) is 4. The molecule has 2 aromatic heterocycles. The van der Waals surface area contributed by atoms with Crippen LogP contribution in [0, 0.1) is 6.92 Å². The lowest BCUT2D eigenvalue weighted by Crippen LogP contribution is -2.27. The molecule has 1 atom stereocenters. The number of hydrogen-bond donors (Lipinski definition) is 1. The second kappa shape index (κ2) is 8.72. The van der Waals surface area contributed by atoms with E-state index >= 15 is 0 Å². The number of aromatic nitrogens is 4. The van der Waals surface area contributed by atoms with E-state index in [1.165, 1.54) is 22.5 Å². The number of aryl methyl sites for hydroxylation is 1. The third-order valence-corrected chi connectivity index (χ3v) is 7.07. The first kappa shape index (κ1) is 23.4. The van der Waals surface area contributed by atoms with Crippen molar-refractivity contribution in [3.8, 4) is 5.69 Å². The molecule has 7 nitrogen and oxygen atoms in total. The Morgan fingerprint density at radius 2 is 1.97 bits per heavy atom. The molecule has 12 heteroatoms. The van der Waals surface area contributed by atoms with Gasteiger partial charge in [-0.15, -0.1) is 0 Å². The SMILES string of the molecule is Cc1ccc(-n2ncc3c(=O)n4c(nc32)SCC4CC(=O)Nc2cc(C(F)(F)F)ccc2Cl)cc1. The molecule has 0 saturated heterocycles. The lowest BCUT2D eigenvalue weighted by atomic mass is 10.1. The quantitative estimate of drug-likeness (QED) is 0.373. The van der Waals surface area contributed by atoms with Crippen LogP contribution in [-0.2, 0) is 11.0 Å². The standard InChI is InChI=1S/C23H17ClF3N5O2S/c1-12-2-5-14(6-3-12)32-20-16(10-28-32)21(34)31-15(11-35-22(31)30-20)9-19(33)29-18-8-13(23(25,26)27)4-7-17(18)24/h2-8,10,15H,9,11H2,1H3,(H,29,33). The summed E-state index contributed by atoms with van der Waals surface area (Å²) in [5, 5.41) is 7.50. The molecule has 0 bridgehead atoms. The molecule has 5 rings (SSSR count). The van der Waals surface area contributed by atoms with Gasteiger partial charge in [0.2, 0.25) is 5.91 Å². The number of alkyl halides is 3. The summed E-state index contributed by atoms with van der Waals surface area (Å²) in [4.78, 5) is 30.5. The maximum absolute atomic E-state index is 13.3. The number of anilines is 1. The van der Waals surface area contributed by atoms with Crippen molar-refractivity contribution in [1.82, 2.24) is 19.3 Å². The lowest BCUT2D eigenvalue weighted by Gasteiger charge is -2.15. The van der Waals surface area contributed by atoms with Gasteiger partial charge in [-0.05, 0) is 37.3 Å². The van der Waals surface area contributed by atoms with Crippen LogP contribution in [0.4, 0.5) is 18.9 Å². The van der Waals surface area contributed by atoms with E-state index in [0.717, 1.165) is 29.4 Å². The maximum Gasteiger partial charge on any atom is 0.416 e. The van der Waals surface area contributed by atoms with Gasteiger partial charge in [0.25, 0.3) is 5.56 Å². The molecular formula is C23H17ClF3N5O2S. The van der Waals surface area contributed by atoms with Gasteiger partial charge in [0.1, 0.15) is 5.39 Å². The summed E-state index contributed by atoms with van der Waals surface area (Å²) in [6.45, 7) is 1.97. The Bertz CT molecular complexity index is 1510. The zero-order valence-corrected chi connectivity index (χ0v) is 19.7. The van der Waals surface area contributed by atoms with Crippen molar-refractivity contribution in [1.29, 1.82) is 0 Å². The number of benzene rings is 2. The van der Waals surface area contributed by atoms with Crippen LogP contribution in [0.2, 0.25) is 5.02 Å². The van der Waals surface area contributed by atoms with E-state index in [-0.39, 0.29) is 22.7 Å². The number of amides is 1. The fourth-order valence-electron chi connectivity index (χ4n) is 3.87. The first-order chi connectivity index (χ1) is 16.6. The van der Waals surface area contributed by atoms with Crippen LogP contribution in [0.1, 0.15) is 23.6 Å². The lowest BCUT2D eigenvalue weighted by molar-refractivity contribution is -0.137. The molecule has 180 valence electrons. The Balaban J connectivity index is 1.41. The van der Waals surface area contributed by atoms with Crippen molar-refractivity contribution in [2.24, 2.45) is 0 Å². The topological polar surface area (TPSA) is 81.8 Å². The summed E-state index contributed by atoms with van der Waals surface area (Å²) in [5.74, 6) is -0.150. The van der Waals surface area contributed by atoms with Crippen molar-refractivity contribution in [3.05, 3.63) is 75.2 Å². The van der Waals surface area contributed by atoms with Gasteiger partial charge in [0.05, 0.1) is 34.2 Å². The van der Waals surface area contributed by atoms with Crippen molar-refractivity contribution in [3.63, 3.8) is 0 Å². The van der Waals surface area contributed by atoms with Crippen LogP contribution in [0.3, 0.4) is 0 Å². The summed E-state index contributed by atoms with van der Waals surface area (Å²) in [7, 11) is 0. The average molecular weight is 520 g/mol. The fourth-order valence-corrected chi connectivity index (χ4v) is 5.16. The Morgan fingerprint density at radius 1 is 1.23 bits per heavy atom. The number of fused-ring (bicyclic) bond motifs is 2. The second-order valence-corrected chi connectivity index (χ2v) is 9.50. The minimum Gasteiger partial charge on any atom is -0.325 e. The second-order valence-electron chi connectivity index (χ2n) is 8.11. The van der Waals surface area contributed by atoms with E-state index in [0.29, 0.717) is 21.9 Å². The van der Waals surface area contributed by atoms with Gasteiger partial charge < -0.3 is 5.32 Å². The monoisotopic (exact) mass is 519 g/mol. The Hall–Kier alpha value is -3.31. The predicted octanol–water partition coefficient (Wildman–Crippen LogP) is 5.24. The molecule has 3 heterocycles. The Labute approximate surface area is 205 Å². The van der Waals surface area contributed by atoms with Gasteiger partial charge >= 0.3 is 6.18 Å². The summed E-state index contributed by atoms with van der Waals surface area (Å²) < 4.78 is 42.1. The number of rotatable bonds is 4. The number of hydrogen-bond acceptors (Lipinski definition) is 5. The van der Waals surface area contributed by atoms with Gasteiger partial charge in [-0.25, -0.2) is 9.67 Å². The van der Waals surface area contributed by atoms with E-state index in [1.807, 2.05) is 31.2 Å². The van der Waals surface area contributed by atoms with Crippen LogP contribution < -0.4 is 10.9 Å². The summed E-state index contributed by atoms with van der Waals surface area (Å²) in [5.41, 5.74) is 0.869. The minimum atomic E-state index is -4.57. The van der Waals surface area contributed by atoms with Gasteiger partial charge in [-0.3, -0.25) is 14.2 Å². The number of nitrogens with one attached hydrogen (secondary N) is 1. The largest absolute Gasteiger partial charge is 0.416 e. The molecule has 4 aromatic rings. The molecule has 2 aromatic carbocycles. The molecule has 1 unspecified atom stereocenters. The van der Waals surface area contributed by atoms with Crippen molar-refractivity contribution >= 4 is 46.0 Å². The molecule has 1 amide bonds. The molecular weight excluding hydrogens is 503 g/mol. The Morgan fingerprint density at radius 3 is 2.69 bits per heavy atom. The van der Waals surface area contributed by atoms with Gasteiger partial charge in [-0.1, -0.05) is 41.1 Å². The highest BCUT2D eigenvalue weighted by Gasteiger charge is 2.32. The van der Waals surface area contributed by atoms with Crippen LogP contribution >= 0.6 is 23.4 Å². The summed E-state index contributed by atoms with van der Waals surface area (Å²) >= 11 is 7.31. The highest BCUT2D eigenvalue weighted by Crippen LogP contribution is 2.36. The molecule has 0 saturated carbocycles. The molecule has 0 radical (unpaired) electrons. The highest BCUT2D eigenvalue weighted by molar-refractivity contribution is 7.99. The van der Waals surface area contributed by atoms with E-state index in [2.05, 4.69) is 15.4 Å². The smallest absolute Gasteiger partial charge is 0.325 e. The van der Waals surface area contributed by atoms with Crippen LogP contribution in [0.5, 0.6) is 0 Å². The fraction of sp³-hybridized carbons (Fsp3) is 0.217. The molecule has 1 aliphatic heterocycles. The van der Waals surface area contributed by atoms with Crippen LogP contribution in [0.25, 0.3) is 16.7 Å². The van der Waals surface area contributed by atoms with Crippen molar-refractivity contribution in [2.75, 3.05) is 11.1 Å². The number of thioether (sulfide) groups is 1. The molecule has 35 heavy (non-hydrogen) atoms. The predicted molar refractivity (Wildman–Crippen MR) is 127 cm³/mol. The molecule has 0 fully saturated rings. The third kappa shape index (κ3) is 4.41. The first-order valence-corrected chi connectivity index (χ1v) is 11.8. The van der Waals surface area contributed by atoms with Crippen LogP contribution in [0.15, 0.2) is 58.6 Å². The summed E-state index contributed by atoms with van der Waals surface area (Å²) in [6.07, 6.45) is -3.26. The van der Waals surface area contributed by atoms with Gasteiger partial charge in [-0.2, -0.15) is 18.3 Å². The average Bonchev–Trinajstić information content (AvgIpc) is 3.40. The zero-order chi connectivity index (χ0) is 24.9. The minimum absolute atomic E-state index is 0.0170. The molecule has 0 aliphatic carbocycles. The molecule has 1 aliphatic rings. The zero-order valence-electron chi connectivity index (χ0n) is 18.1. The summed E-state index contributed by atoms with van der Waals surface area (Å²) in [6, 6.07) is 9.82. The van der Waals surface area contributed by atoms with Crippen LogP contribution in [-0.4, -0.2) is 31.0 Å². The van der Waals surface area contributed by atoms with Gasteiger partial charge in [0, 0.05) is 12.2 Å². The number of carbonyl (C=O) groups excluding carboxylic acids is 1. The molecule has 0 spiro atoms. The highest BCUT2D eigenvalue weighted by atomic mass is 35.5. The van der Waals surface area contributed by atoms with Gasteiger partial charge in [0.15, 0.2) is 10.8 Å².